The molecule has 2 aromatic carbocycles. The van der Waals surface area contributed by atoms with E-state index in [2.05, 4.69) is 41.2 Å². The molecular formula is C22H22O4S2. The Hall–Kier alpha value is -2.23. The number of phenols is 1. The number of esters is 1. The SMILES string of the molecule is COC(=O)c1ccc(C#CCc2cccc3c2OCCC3(SC)SC)cc1O. The van der Waals surface area contributed by atoms with Crippen LogP contribution in [0, 0.1) is 11.8 Å². The highest BCUT2D eigenvalue weighted by Gasteiger charge is 2.37. The number of carbonyl (C=O) groups excluding carboxylic acids is 1. The first-order valence-corrected chi connectivity index (χ1v) is 11.2. The van der Waals surface area contributed by atoms with Crippen molar-refractivity contribution in [2.24, 2.45) is 0 Å². The Labute approximate surface area is 174 Å². The summed E-state index contributed by atoms with van der Waals surface area (Å²) in [6.07, 6.45) is 5.80. The number of carbonyl (C=O) groups is 1. The van der Waals surface area contributed by atoms with Gasteiger partial charge in [-0.15, -0.1) is 23.5 Å². The van der Waals surface area contributed by atoms with E-state index in [0.29, 0.717) is 18.6 Å². The van der Waals surface area contributed by atoms with Crippen molar-refractivity contribution in [3.63, 3.8) is 0 Å². The first-order valence-electron chi connectivity index (χ1n) is 8.80. The van der Waals surface area contributed by atoms with Crippen molar-refractivity contribution in [2.75, 3.05) is 26.2 Å². The topological polar surface area (TPSA) is 55.8 Å². The summed E-state index contributed by atoms with van der Waals surface area (Å²) in [5.41, 5.74) is 3.05. The minimum atomic E-state index is -0.573. The molecule has 1 heterocycles. The summed E-state index contributed by atoms with van der Waals surface area (Å²) in [5.74, 6) is 6.43. The molecule has 0 amide bonds. The van der Waals surface area contributed by atoms with Crippen LogP contribution in [0.15, 0.2) is 36.4 Å². The van der Waals surface area contributed by atoms with E-state index in [1.54, 1.807) is 6.07 Å². The third-order valence-corrected chi connectivity index (χ3v) is 7.93. The van der Waals surface area contributed by atoms with Crippen molar-refractivity contribution in [2.45, 2.75) is 16.9 Å². The van der Waals surface area contributed by atoms with Crippen LogP contribution in [0.5, 0.6) is 11.5 Å². The van der Waals surface area contributed by atoms with Gasteiger partial charge in [-0.1, -0.05) is 30.0 Å². The maximum absolute atomic E-state index is 11.5. The van der Waals surface area contributed by atoms with Crippen LogP contribution >= 0.6 is 23.5 Å². The fourth-order valence-electron chi connectivity index (χ4n) is 3.26. The van der Waals surface area contributed by atoms with Gasteiger partial charge in [0.25, 0.3) is 0 Å². The molecule has 0 radical (unpaired) electrons. The summed E-state index contributed by atoms with van der Waals surface area (Å²) in [6.45, 7) is 0.696. The van der Waals surface area contributed by atoms with Gasteiger partial charge >= 0.3 is 5.97 Å². The standard InChI is InChI=1S/C22H22O4S2/c1-25-21(24)17-11-10-15(14-19(17)23)6-4-7-16-8-5-9-18-20(16)26-13-12-22(18,27-2)28-3/h5,8-11,14,23H,7,12-13H2,1-3H3. The summed E-state index contributed by atoms with van der Waals surface area (Å²) in [7, 11) is 1.28. The number of rotatable bonds is 4. The van der Waals surface area contributed by atoms with Crippen LogP contribution in [0.2, 0.25) is 0 Å². The molecule has 0 saturated heterocycles. The minimum Gasteiger partial charge on any atom is -0.507 e. The summed E-state index contributed by atoms with van der Waals surface area (Å²) in [4.78, 5) is 11.5. The Balaban J connectivity index is 1.84. The smallest absolute Gasteiger partial charge is 0.341 e. The van der Waals surface area contributed by atoms with Gasteiger partial charge in [0.2, 0.25) is 0 Å². The second-order valence-electron chi connectivity index (χ2n) is 6.26. The van der Waals surface area contributed by atoms with Crippen LogP contribution in [0.25, 0.3) is 0 Å². The van der Waals surface area contributed by atoms with E-state index in [-0.39, 0.29) is 15.4 Å². The fourth-order valence-corrected chi connectivity index (χ4v) is 5.26. The Kier molecular flexibility index (Phi) is 6.48. The molecule has 4 nitrogen and oxygen atoms in total. The molecular weight excluding hydrogens is 392 g/mol. The van der Waals surface area contributed by atoms with Gasteiger partial charge in [0, 0.05) is 29.5 Å². The molecule has 0 atom stereocenters. The second-order valence-corrected chi connectivity index (χ2v) is 8.72. The van der Waals surface area contributed by atoms with E-state index in [1.165, 1.54) is 24.8 Å². The van der Waals surface area contributed by atoms with E-state index in [9.17, 15) is 9.90 Å². The molecule has 0 saturated carbocycles. The van der Waals surface area contributed by atoms with Gasteiger partial charge in [0.15, 0.2) is 0 Å². The van der Waals surface area contributed by atoms with Gasteiger partial charge in [-0.3, -0.25) is 0 Å². The van der Waals surface area contributed by atoms with Crippen LogP contribution in [0.3, 0.4) is 0 Å². The number of aromatic hydroxyl groups is 1. The van der Waals surface area contributed by atoms with Crippen LogP contribution < -0.4 is 4.74 Å². The number of ether oxygens (including phenoxy) is 2. The zero-order chi connectivity index (χ0) is 20.1. The Morgan fingerprint density at radius 3 is 2.75 bits per heavy atom. The highest BCUT2D eigenvalue weighted by atomic mass is 32.2. The third-order valence-electron chi connectivity index (χ3n) is 4.76. The molecule has 3 rings (SSSR count). The number of hydrogen-bond donors (Lipinski definition) is 1. The maximum Gasteiger partial charge on any atom is 0.341 e. The molecule has 146 valence electrons. The molecule has 0 bridgehead atoms. The molecule has 0 aliphatic carbocycles. The Morgan fingerprint density at radius 2 is 2.07 bits per heavy atom. The van der Waals surface area contributed by atoms with Crippen molar-refractivity contribution in [3.8, 4) is 23.3 Å². The molecule has 1 N–H and O–H groups in total. The zero-order valence-corrected chi connectivity index (χ0v) is 17.7. The quantitative estimate of drug-likeness (QED) is 0.454. The van der Waals surface area contributed by atoms with Crippen LogP contribution in [0.1, 0.15) is 33.5 Å². The minimum absolute atomic E-state index is 0.0204. The summed E-state index contributed by atoms with van der Waals surface area (Å²) < 4.78 is 10.7. The van der Waals surface area contributed by atoms with Gasteiger partial charge in [0.05, 0.1) is 17.8 Å². The molecule has 6 heteroatoms. The monoisotopic (exact) mass is 414 g/mol. The van der Waals surface area contributed by atoms with E-state index < -0.39 is 5.97 Å². The maximum atomic E-state index is 11.5. The number of phenolic OH excluding ortho intramolecular Hbond substituents is 1. The molecule has 0 fully saturated rings. The van der Waals surface area contributed by atoms with Crippen molar-refractivity contribution in [1.29, 1.82) is 0 Å². The first-order chi connectivity index (χ1) is 13.5. The van der Waals surface area contributed by atoms with Crippen molar-refractivity contribution in [3.05, 3.63) is 58.7 Å². The van der Waals surface area contributed by atoms with Crippen LogP contribution in [0.4, 0.5) is 0 Å². The summed E-state index contributed by atoms with van der Waals surface area (Å²) in [5, 5.41) is 9.99. The van der Waals surface area contributed by atoms with Crippen molar-refractivity contribution in [1.82, 2.24) is 0 Å². The molecule has 0 aromatic heterocycles. The van der Waals surface area contributed by atoms with E-state index in [1.807, 2.05) is 29.6 Å². The van der Waals surface area contributed by atoms with E-state index >= 15 is 0 Å². The number of hydrogen-bond acceptors (Lipinski definition) is 6. The van der Waals surface area contributed by atoms with Crippen molar-refractivity contribution < 1.29 is 19.4 Å². The zero-order valence-electron chi connectivity index (χ0n) is 16.1. The number of para-hydroxylation sites is 1. The average molecular weight is 415 g/mol. The lowest BCUT2D eigenvalue weighted by atomic mass is 9.99. The summed E-state index contributed by atoms with van der Waals surface area (Å²) >= 11 is 3.71. The number of benzene rings is 2. The molecule has 0 spiro atoms. The number of fused-ring (bicyclic) bond motifs is 1. The predicted octanol–water partition coefficient (Wildman–Crippen LogP) is 4.43. The van der Waals surface area contributed by atoms with Gasteiger partial charge in [0.1, 0.15) is 17.1 Å². The fraction of sp³-hybridized carbons (Fsp3) is 0.318. The van der Waals surface area contributed by atoms with E-state index in [0.717, 1.165) is 17.7 Å². The highest BCUT2D eigenvalue weighted by molar-refractivity contribution is 8.16. The lowest BCUT2D eigenvalue weighted by molar-refractivity contribution is 0.0597. The lowest BCUT2D eigenvalue weighted by Crippen LogP contribution is -2.27. The Morgan fingerprint density at radius 1 is 1.29 bits per heavy atom. The Bertz CT molecular complexity index is 939. The van der Waals surface area contributed by atoms with E-state index in [4.69, 9.17) is 4.74 Å². The first kappa shape index (κ1) is 20.5. The van der Waals surface area contributed by atoms with Gasteiger partial charge in [-0.05, 0) is 30.7 Å². The van der Waals surface area contributed by atoms with Gasteiger partial charge in [-0.25, -0.2) is 4.79 Å². The molecule has 28 heavy (non-hydrogen) atoms. The largest absolute Gasteiger partial charge is 0.507 e. The molecule has 1 aliphatic heterocycles. The molecule has 1 aliphatic rings. The third kappa shape index (κ3) is 3.96. The molecule has 2 aromatic rings. The normalized spacial score (nSPS) is 14.2. The predicted molar refractivity (Wildman–Crippen MR) is 115 cm³/mol. The lowest BCUT2D eigenvalue weighted by Gasteiger charge is -2.36. The average Bonchev–Trinajstić information content (AvgIpc) is 2.73. The number of methoxy groups -OCH3 is 1. The molecule has 0 unspecified atom stereocenters. The van der Waals surface area contributed by atoms with Gasteiger partial charge in [-0.2, -0.15) is 0 Å². The summed E-state index contributed by atoms with van der Waals surface area (Å²) in [6, 6.07) is 10.9. The van der Waals surface area contributed by atoms with Crippen molar-refractivity contribution >= 4 is 29.5 Å². The second kappa shape index (κ2) is 8.85. The highest BCUT2D eigenvalue weighted by Crippen LogP contribution is 2.53. The number of thioether (sulfide) groups is 2. The van der Waals surface area contributed by atoms with Crippen LogP contribution in [-0.4, -0.2) is 37.3 Å². The van der Waals surface area contributed by atoms with Crippen LogP contribution in [-0.2, 0) is 15.2 Å². The van der Waals surface area contributed by atoms with Gasteiger partial charge < -0.3 is 14.6 Å².